The number of allylic oxidation sites excluding steroid dienone is 2. The van der Waals surface area contributed by atoms with Gasteiger partial charge in [-0.15, -0.1) is 0 Å². The molecular formula is C21H20N2O5. The molecule has 1 heterocycles. The summed E-state index contributed by atoms with van der Waals surface area (Å²) in [6.45, 7) is -0.304. The highest BCUT2D eigenvalue weighted by atomic mass is 16.5. The van der Waals surface area contributed by atoms with Crippen molar-refractivity contribution in [3.63, 3.8) is 0 Å². The van der Waals surface area contributed by atoms with E-state index in [0.29, 0.717) is 23.1 Å². The van der Waals surface area contributed by atoms with Crippen LogP contribution in [0.3, 0.4) is 0 Å². The van der Waals surface area contributed by atoms with Crippen LogP contribution in [0.25, 0.3) is 0 Å². The van der Waals surface area contributed by atoms with Crippen molar-refractivity contribution in [2.75, 3.05) is 19.0 Å². The number of amides is 3. The summed E-state index contributed by atoms with van der Waals surface area (Å²) in [7, 11) is 1.28. The third kappa shape index (κ3) is 2.42. The highest BCUT2D eigenvalue weighted by molar-refractivity contribution is 6.09. The SMILES string of the molecule is COC(=O)c1cccc(NC(=O)CN2C(=O)[C@@H]3[C@H]4C=C[C@@H]([C@@H]5C[C@H]45)[C@H]3C2=O)c1. The van der Waals surface area contributed by atoms with Crippen LogP contribution in [0.5, 0.6) is 0 Å². The Balaban J connectivity index is 1.29. The molecule has 144 valence electrons. The van der Waals surface area contributed by atoms with Gasteiger partial charge in [-0.1, -0.05) is 18.2 Å². The molecule has 1 saturated heterocycles. The quantitative estimate of drug-likeness (QED) is 0.485. The lowest BCUT2D eigenvalue weighted by molar-refractivity contribution is -0.142. The Bertz CT molecular complexity index is 902. The summed E-state index contributed by atoms with van der Waals surface area (Å²) in [5, 5.41) is 2.66. The number of nitrogens with one attached hydrogen (secondary N) is 1. The molecule has 1 aliphatic heterocycles. The van der Waals surface area contributed by atoms with Crippen LogP contribution >= 0.6 is 0 Å². The number of ether oxygens (including phenoxy) is 1. The number of imide groups is 1. The zero-order valence-electron chi connectivity index (χ0n) is 15.3. The monoisotopic (exact) mass is 380 g/mol. The molecule has 0 radical (unpaired) electrons. The number of rotatable bonds is 4. The maximum Gasteiger partial charge on any atom is 0.337 e. The molecule has 1 N–H and O–H groups in total. The normalized spacial score (nSPS) is 34.1. The lowest BCUT2D eigenvalue weighted by Gasteiger charge is -2.37. The average Bonchev–Trinajstić information content (AvgIpc) is 3.48. The van der Waals surface area contributed by atoms with Crippen LogP contribution in [0, 0.1) is 35.5 Å². The Labute approximate surface area is 161 Å². The number of nitrogens with zero attached hydrogens (tertiary/aromatic N) is 1. The molecule has 1 aromatic carbocycles. The molecule has 1 aromatic rings. The third-order valence-corrected chi connectivity index (χ3v) is 6.62. The van der Waals surface area contributed by atoms with Crippen LogP contribution in [0.4, 0.5) is 5.69 Å². The van der Waals surface area contributed by atoms with Gasteiger partial charge >= 0.3 is 5.97 Å². The number of benzene rings is 1. The first-order valence-electron chi connectivity index (χ1n) is 9.51. The van der Waals surface area contributed by atoms with Crippen LogP contribution < -0.4 is 5.32 Å². The fourth-order valence-electron chi connectivity index (χ4n) is 5.36. The molecule has 3 amide bonds. The van der Waals surface area contributed by atoms with Gasteiger partial charge in [-0.3, -0.25) is 19.3 Å². The summed E-state index contributed by atoms with van der Waals surface area (Å²) in [5.41, 5.74) is 0.717. The summed E-state index contributed by atoms with van der Waals surface area (Å²) in [6.07, 6.45) is 5.31. The van der Waals surface area contributed by atoms with Crippen molar-refractivity contribution in [3.05, 3.63) is 42.0 Å². The molecule has 6 atom stereocenters. The predicted molar refractivity (Wildman–Crippen MR) is 97.8 cm³/mol. The zero-order valence-corrected chi connectivity index (χ0v) is 15.3. The molecule has 0 spiro atoms. The number of likely N-dealkylation sites (tertiary alicyclic amines) is 1. The van der Waals surface area contributed by atoms with Crippen molar-refractivity contribution in [3.8, 4) is 0 Å². The van der Waals surface area contributed by atoms with Gasteiger partial charge in [-0.05, 0) is 48.3 Å². The van der Waals surface area contributed by atoms with Crippen molar-refractivity contribution in [1.82, 2.24) is 4.90 Å². The lowest BCUT2D eigenvalue weighted by Crippen LogP contribution is -2.40. The van der Waals surface area contributed by atoms with Gasteiger partial charge in [-0.2, -0.15) is 0 Å². The van der Waals surface area contributed by atoms with Gasteiger partial charge in [0.1, 0.15) is 6.54 Å². The number of anilines is 1. The summed E-state index contributed by atoms with van der Waals surface area (Å²) in [6, 6.07) is 6.33. The Morgan fingerprint density at radius 2 is 1.75 bits per heavy atom. The molecule has 2 saturated carbocycles. The average molecular weight is 380 g/mol. The molecule has 6 rings (SSSR count). The fourth-order valence-corrected chi connectivity index (χ4v) is 5.36. The minimum atomic E-state index is -0.508. The second-order valence-corrected chi connectivity index (χ2v) is 8.04. The van der Waals surface area contributed by atoms with Gasteiger partial charge < -0.3 is 10.1 Å². The summed E-state index contributed by atoms with van der Waals surface area (Å²) in [5.74, 6) is -0.688. The first kappa shape index (κ1) is 17.2. The van der Waals surface area contributed by atoms with E-state index in [9.17, 15) is 19.2 Å². The number of methoxy groups -OCH3 is 1. The maximum atomic E-state index is 12.9. The predicted octanol–water partition coefficient (Wildman–Crippen LogP) is 1.46. The fraction of sp³-hybridized carbons (Fsp3) is 0.429. The highest BCUT2D eigenvalue weighted by Crippen LogP contribution is 2.65. The Morgan fingerprint density at radius 3 is 2.36 bits per heavy atom. The van der Waals surface area contributed by atoms with E-state index in [1.165, 1.54) is 13.2 Å². The van der Waals surface area contributed by atoms with Crippen molar-refractivity contribution >= 4 is 29.4 Å². The number of esters is 1. The highest BCUT2D eigenvalue weighted by Gasteiger charge is 2.67. The van der Waals surface area contributed by atoms with Gasteiger partial charge in [0, 0.05) is 5.69 Å². The van der Waals surface area contributed by atoms with E-state index in [4.69, 9.17) is 0 Å². The van der Waals surface area contributed by atoms with Crippen molar-refractivity contribution in [1.29, 1.82) is 0 Å². The smallest absolute Gasteiger partial charge is 0.337 e. The molecule has 0 aromatic heterocycles. The number of hydrogen-bond acceptors (Lipinski definition) is 5. The van der Waals surface area contributed by atoms with Crippen molar-refractivity contribution < 1.29 is 23.9 Å². The van der Waals surface area contributed by atoms with Gasteiger partial charge in [-0.25, -0.2) is 4.79 Å². The van der Waals surface area contributed by atoms with Crippen molar-refractivity contribution in [2.24, 2.45) is 35.5 Å². The van der Waals surface area contributed by atoms with Gasteiger partial charge in [0.05, 0.1) is 24.5 Å². The molecule has 7 heteroatoms. The van der Waals surface area contributed by atoms with Crippen molar-refractivity contribution in [2.45, 2.75) is 6.42 Å². The first-order valence-corrected chi connectivity index (χ1v) is 9.51. The van der Waals surface area contributed by atoms with Gasteiger partial charge in [0.25, 0.3) is 0 Å². The zero-order chi connectivity index (χ0) is 19.6. The van der Waals surface area contributed by atoms with Crippen LogP contribution in [-0.4, -0.2) is 42.2 Å². The minimum absolute atomic E-state index is 0.140. The molecule has 0 unspecified atom stereocenters. The summed E-state index contributed by atoms with van der Waals surface area (Å²) < 4.78 is 4.67. The molecule has 7 nitrogen and oxygen atoms in total. The summed E-state index contributed by atoms with van der Waals surface area (Å²) >= 11 is 0. The first-order chi connectivity index (χ1) is 13.5. The summed E-state index contributed by atoms with van der Waals surface area (Å²) in [4.78, 5) is 51.0. The number of hydrogen-bond donors (Lipinski definition) is 1. The van der Waals surface area contributed by atoms with E-state index in [1.54, 1.807) is 18.2 Å². The second kappa shape index (κ2) is 6.02. The van der Waals surface area contributed by atoms with E-state index in [0.717, 1.165) is 11.3 Å². The van der Waals surface area contributed by atoms with E-state index < -0.39 is 11.9 Å². The van der Waals surface area contributed by atoms with E-state index in [-0.39, 0.29) is 42.0 Å². The second-order valence-electron chi connectivity index (χ2n) is 8.04. The minimum Gasteiger partial charge on any atom is -0.465 e. The topological polar surface area (TPSA) is 92.8 Å². The van der Waals surface area contributed by atoms with Crippen LogP contribution in [-0.2, 0) is 19.1 Å². The largest absolute Gasteiger partial charge is 0.465 e. The Morgan fingerprint density at radius 1 is 1.11 bits per heavy atom. The van der Waals surface area contributed by atoms with Crippen LogP contribution in [0.15, 0.2) is 36.4 Å². The van der Waals surface area contributed by atoms with Crippen LogP contribution in [0.1, 0.15) is 16.8 Å². The van der Waals surface area contributed by atoms with E-state index >= 15 is 0 Å². The Hall–Kier alpha value is -2.96. The molecule has 2 bridgehead atoms. The molecule has 3 fully saturated rings. The standard InChI is InChI=1S/C21H20N2O5/c1-28-21(27)10-3-2-4-11(7-10)22-16(24)9-23-19(25)17-12-5-6-13(15-8-14(12)15)18(17)20(23)26/h2-7,12-15,17-18H,8-9H2,1H3,(H,22,24)/t12-,13-,14-,15+,17+,18+/m0/s1. The van der Waals surface area contributed by atoms with Crippen LogP contribution in [0.2, 0.25) is 0 Å². The van der Waals surface area contributed by atoms with E-state index in [1.807, 2.05) is 0 Å². The molecule has 28 heavy (non-hydrogen) atoms. The lowest BCUT2D eigenvalue weighted by atomic mass is 9.63. The molecule has 4 aliphatic carbocycles. The molecule has 5 aliphatic rings. The van der Waals surface area contributed by atoms with E-state index in [2.05, 4.69) is 22.2 Å². The Kier molecular flexibility index (Phi) is 3.69. The molecular weight excluding hydrogens is 360 g/mol. The van der Waals surface area contributed by atoms with Gasteiger partial charge in [0.2, 0.25) is 17.7 Å². The number of carbonyl (C=O) groups is 4. The third-order valence-electron chi connectivity index (χ3n) is 6.62. The van der Waals surface area contributed by atoms with Gasteiger partial charge in [0.15, 0.2) is 0 Å². The number of carbonyl (C=O) groups excluding carboxylic acids is 4. The maximum absolute atomic E-state index is 12.9.